The van der Waals surface area contributed by atoms with Gasteiger partial charge in [-0.15, -0.1) is 0 Å². The summed E-state index contributed by atoms with van der Waals surface area (Å²) >= 11 is 0. The van der Waals surface area contributed by atoms with Crippen molar-refractivity contribution >= 4 is 23.2 Å². The highest BCUT2D eigenvalue weighted by Gasteiger charge is 2.44. The van der Waals surface area contributed by atoms with Crippen molar-refractivity contribution < 1.29 is 23.5 Å². The Balaban J connectivity index is 1.14. The zero-order valence-corrected chi connectivity index (χ0v) is 25.9. The highest BCUT2D eigenvalue weighted by molar-refractivity contribution is 6.05. The predicted molar refractivity (Wildman–Crippen MR) is 170 cm³/mol. The average Bonchev–Trinajstić information content (AvgIpc) is 3.71. The Labute approximate surface area is 262 Å². The number of piperazine rings is 1. The van der Waals surface area contributed by atoms with Crippen LogP contribution in [0.5, 0.6) is 11.5 Å². The lowest BCUT2D eigenvalue weighted by Crippen LogP contribution is -2.51. The average molecular weight is 611 g/mol. The molecule has 234 valence electrons. The SMILES string of the molecule is COc1ccc(C2=N[N+]([O-])(c3ccc(C(=O)N4CCN(C(=O)c5ccco5)CC4)cc3)C[C@@H]3CC=CC[C@H]23)c2c1OC(C)(C)C2. The molecule has 3 atom stereocenters. The summed E-state index contributed by atoms with van der Waals surface area (Å²) in [5, 5.41) is 19.6. The van der Waals surface area contributed by atoms with Crippen LogP contribution in [0.4, 0.5) is 5.69 Å². The van der Waals surface area contributed by atoms with Crippen LogP contribution < -0.4 is 14.2 Å². The molecule has 0 spiro atoms. The zero-order chi connectivity index (χ0) is 31.3. The van der Waals surface area contributed by atoms with E-state index in [0.29, 0.717) is 61.9 Å². The lowest BCUT2D eigenvalue weighted by atomic mass is 9.75. The Hall–Kier alpha value is -4.41. The minimum atomic E-state index is -0.836. The molecule has 0 radical (unpaired) electrons. The molecule has 1 aromatic heterocycles. The quantitative estimate of drug-likeness (QED) is 0.217. The Kier molecular flexibility index (Phi) is 7.29. The number of benzene rings is 2. The van der Waals surface area contributed by atoms with Crippen LogP contribution in [-0.2, 0) is 6.42 Å². The standard InChI is InChI=1S/C35H38N4O6/c1-35(2)21-28-27(14-15-29(43-3)32(28)45-35)31-26-8-5-4-7-24(26)22-39(42,36-31)25-12-10-23(11-13-25)33(40)37-16-18-38(19-17-37)34(41)30-9-6-20-44-30/h4-6,9-15,20,24,26H,7-8,16-19,21-22H2,1-3H3/t24-,26-,39?/m0/s1. The number of rotatable bonds is 5. The zero-order valence-electron chi connectivity index (χ0n) is 25.9. The van der Waals surface area contributed by atoms with E-state index in [4.69, 9.17) is 19.0 Å². The second kappa shape index (κ2) is 11.2. The van der Waals surface area contributed by atoms with E-state index in [9.17, 15) is 14.8 Å². The van der Waals surface area contributed by atoms with Crippen molar-refractivity contribution in [3.8, 4) is 11.5 Å². The third kappa shape index (κ3) is 5.32. The molecule has 2 amide bonds. The number of hydrogen-bond acceptors (Lipinski definition) is 7. The van der Waals surface area contributed by atoms with Crippen LogP contribution in [-0.4, -0.2) is 72.8 Å². The fourth-order valence-electron chi connectivity index (χ4n) is 7.15. The first kappa shape index (κ1) is 29.3. The largest absolute Gasteiger partial charge is 0.599 e. The summed E-state index contributed by atoms with van der Waals surface area (Å²) < 4.78 is 16.3. The number of amides is 2. The van der Waals surface area contributed by atoms with Gasteiger partial charge in [0.15, 0.2) is 22.9 Å². The molecule has 10 nitrogen and oxygen atoms in total. The van der Waals surface area contributed by atoms with E-state index in [1.807, 2.05) is 12.1 Å². The van der Waals surface area contributed by atoms with Crippen LogP contribution >= 0.6 is 0 Å². The molecule has 0 N–H and O–H groups in total. The predicted octanol–water partition coefficient (Wildman–Crippen LogP) is 5.41. The summed E-state index contributed by atoms with van der Waals surface area (Å²) in [7, 11) is 1.64. The van der Waals surface area contributed by atoms with Crippen molar-refractivity contribution in [2.75, 3.05) is 39.8 Å². The minimum Gasteiger partial charge on any atom is -0.599 e. The fourth-order valence-corrected chi connectivity index (χ4v) is 7.15. The maximum absolute atomic E-state index is 14.6. The first-order valence-electron chi connectivity index (χ1n) is 15.6. The monoisotopic (exact) mass is 610 g/mol. The molecule has 7 rings (SSSR count). The van der Waals surface area contributed by atoms with Gasteiger partial charge in [-0.05, 0) is 63.1 Å². The number of methoxy groups -OCH3 is 1. The summed E-state index contributed by atoms with van der Waals surface area (Å²) in [5.74, 6) is 1.69. The maximum atomic E-state index is 14.6. The van der Waals surface area contributed by atoms with Gasteiger partial charge < -0.3 is 28.9 Å². The number of hydrogen-bond donors (Lipinski definition) is 0. The molecule has 4 aliphatic rings. The van der Waals surface area contributed by atoms with Gasteiger partial charge in [-0.3, -0.25) is 9.59 Å². The van der Waals surface area contributed by atoms with Gasteiger partial charge >= 0.3 is 0 Å². The minimum absolute atomic E-state index is 0.124. The molecular formula is C35H38N4O6. The van der Waals surface area contributed by atoms with Crippen molar-refractivity contribution in [1.82, 2.24) is 14.6 Å². The number of quaternary nitrogens is 1. The number of carbonyl (C=O) groups is 2. The highest BCUT2D eigenvalue weighted by atomic mass is 16.6. The first-order valence-corrected chi connectivity index (χ1v) is 15.6. The molecule has 2 aromatic carbocycles. The second-order valence-electron chi connectivity index (χ2n) is 12.9. The lowest BCUT2D eigenvalue weighted by Gasteiger charge is -2.45. The number of carbonyl (C=O) groups excluding carboxylic acids is 2. The topological polar surface area (TPSA) is 108 Å². The van der Waals surface area contributed by atoms with Crippen molar-refractivity contribution in [2.45, 2.75) is 38.7 Å². The molecule has 1 fully saturated rings. The van der Waals surface area contributed by atoms with E-state index in [0.717, 1.165) is 35.4 Å². The van der Waals surface area contributed by atoms with Gasteiger partial charge in [0.05, 0.1) is 13.4 Å². The molecule has 4 heterocycles. The number of allylic oxidation sites excluding steroid dienone is 2. The fraction of sp³-hybridized carbons (Fsp3) is 0.400. The number of nitrogens with zero attached hydrogens (tertiary/aromatic N) is 4. The van der Waals surface area contributed by atoms with E-state index < -0.39 is 4.76 Å². The molecular weight excluding hydrogens is 572 g/mol. The van der Waals surface area contributed by atoms with Crippen LogP contribution in [0, 0.1) is 17.0 Å². The maximum Gasteiger partial charge on any atom is 0.289 e. The van der Waals surface area contributed by atoms with E-state index in [-0.39, 0.29) is 29.3 Å². The molecule has 0 bridgehead atoms. The van der Waals surface area contributed by atoms with Crippen LogP contribution in [0.3, 0.4) is 0 Å². The van der Waals surface area contributed by atoms with Gasteiger partial charge in [0.2, 0.25) is 0 Å². The number of ether oxygens (including phenoxy) is 2. The molecule has 10 heteroatoms. The van der Waals surface area contributed by atoms with Crippen molar-refractivity contribution in [2.24, 2.45) is 16.9 Å². The van der Waals surface area contributed by atoms with Crippen molar-refractivity contribution in [1.29, 1.82) is 0 Å². The van der Waals surface area contributed by atoms with Crippen LogP contribution in [0.15, 0.2) is 76.5 Å². The van der Waals surface area contributed by atoms with Crippen molar-refractivity contribution in [3.05, 3.63) is 94.6 Å². The molecule has 3 aromatic rings. The molecule has 1 saturated heterocycles. The van der Waals surface area contributed by atoms with E-state index in [2.05, 4.69) is 26.0 Å². The molecule has 1 aliphatic carbocycles. The summed E-state index contributed by atoms with van der Waals surface area (Å²) in [6, 6.07) is 14.2. The van der Waals surface area contributed by atoms with E-state index in [1.165, 1.54) is 6.26 Å². The van der Waals surface area contributed by atoms with Crippen LogP contribution in [0.25, 0.3) is 0 Å². The third-order valence-corrected chi connectivity index (χ3v) is 9.47. The van der Waals surface area contributed by atoms with Gasteiger partial charge in [-0.25, -0.2) is 0 Å². The normalized spacial score (nSPS) is 25.2. The highest BCUT2D eigenvalue weighted by Crippen LogP contribution is 2.47. The summed E-state index contributed by atoms with van der Waals surface area (Å²) in [4.78, 5) is 29.4. The Morgan fingerprint density at radius 2 is 1.69 bits per heavy atom. The third-order valence-electron chi connectivity index (χ3n) is 9.47. The first-order chi connectivity index (χ1) is 21.7. The summed E-state index contributed by atoms with van der Waals surface area (Å²) in [6.45, 7) is 6.14. The summed E-state index contributed by atoms with van der Waals surface area (Å²) in [5.41, 5.74) is 3.41. The number of fused-ring (bicyclic) bond motifs is 2. The molecule has 1 unspecified atom stereocenters. The molecule has 0 saturated carbocycles. The van der Waals surface area contributed by atoms with Gasteiger partial charge in [0.1, 0.15) is 17.9 Å². The Bertz CT molecular complexity index is 1670. The molecule has 45 heavy (non-hydrogen) atoms. The van der Waals surface area contributed by atoms with Crippen LogP contribution in [0.2, 0.25) is 0 Å². The summed E-state index contributed by atoms with van der Waals surface area (Å²) in [6.07, 6.45) is 8.19. The van der Waals surface area contributed by atoms with Gasteiger partial charge in [0.25, 0.3) is 11.8 Å². The lowest BCUT2D eigenvalue weighted by molar-refractivity contribution is 0.0518. The number of hydroxylamine groups is 1. The smallest absolute Gasteiger partial charge is 0.289 e. The number of furan rings is 1. The van der Waals surface area contributed by atoms with Crippen LogP contribution in [0.1, 0.15) is 58.7 Å². The van der Waals surface area contributed by atoms with Gasteiger partial charge in [-0.1, -0.05) is 17.3 Å². The molecule has 3 aliphatic heterocycles. The van der Waals surface area contributed by atoms with Crippen molar-refractivity contribution in [3.63, 3.8) is 0 Å². The van der Waals surface area contributed by atoms with Gasteiger partial charge in [-0.2, -0.15) is 4.76 Å². The Morgan fingerprint density at radius 3 is 2.38 bits per heavy atom. The second-order valence-corrected chi connectivity index (χ2v) is 12.9. The van der Waals surface area contributed by atoms with Gasteiger partial charge in [0, 0.05) is 73.3 Å². The van der Waals surface area contributed by atoms with E-state index in [1.54, 1.807) is 53.3 Å². The van der Waals surface area contributed by atoms with E-state index >= 15 is 0 Å². The Morgan fingerprint density at radius 1 is 0.978 bits per heavy atom.